The van der Waals surface area contributed by atoms with Gasteiger partial charge in [-0.2, -0.15) is 0 Å². The third-order valence-electron chi connectivity index (χ3n) is 10.7. The van der Waals surface area contributed by atoms with Crippen LogP contribution in [0.25, 0.3) is 0 Å². The van der Waals surface area contributed by atoms with E-state index in [4.69, 9.17) is 24.8 Å². The summed E-state index contributed by atoms with van der Waals surface area (Å²) in [6.45, 7) is 2.80. The molecule has 12 heteroatoms. The molecule has 3 atom stereocenters. The highest BCUT2D eigenvalue weighted by molar-refractivity contribution is 7.47. The molecule has 0 radical (unpaired) electrons. The summed E-state index contributed by atoms with van der Waals surface area (Å²) < 4.78 is 32.8. The third kappa shape index (κ3) is 42.6. The highest BCUT2D eigenvalue weighted by atomic mass is 31.2. The van der Waals surface area contributed by atoms with Crippen molar-refractivity contribution in [1.82, 2.24) is 0 Å². The van der Waals surface area contributed by atoms with Gasteiger partial charge in [-0.1, -0.05) is 186 Å². The van der Waals surface area contributed by atoms with Crippen LogP contribution in [0.15, 0.2) is 24.3 Å². The van der Waals surface area contributed by atoms with E-state index in [1.165, 1.54) is 154 Å². The number of allylic oxidation sites excluding steroid dienone is 4. The quantitative estimate of drug-likeness (QED) is 0.0230. The van der Waals surface area contributed by atoms with Gasteiger partial charge in [-0.3, -0.25) is 23.4 Å². The molecule has 0 amide bonds. The number of nitrogens with two attached hydrogens (primary N) is 1. The minimum absolute atomic E-state index is 0.163. The molecule has 1 unspecified atom stereocenters. The van der Waals surface area contributed by atoms with Crippen molar-refractivity contribution in [3.8, 4) is 0 Å². The van der Waals surface area contributed by atoms with Crippen molar-refractivity contribution in [3.63, 3.8) is 0 Å². The van der Waals surface area contributed by atoms with Gasteiger partial charge in [0.15, 0.2) is 6.10 Å². The molecular formula is C48H90NO10P. The number of aliphatic carboxylic acids is 1. The van der Waals surface area contributed by atoms with E-state index in [9.17, 15) is 23.8 Å². The van der Waals surface area contributed by atoms with Crippen LogP contribution in [0.5, 0.6) is 0 Å². The first-order valence-electron chi connectivity index (χ1n) is 24.4. The van der Waals surface area contributed by atoms with Crippen LogP contribution in [-0.4, -0.2) is 59.9 Å². The average molecular weight is 872 g/mol. The van der Waals surface area contributed by atoms with Gasteiger partial charge >= 0.3 is 25.7 Å². The van der Waals surface area contributed by atoms with Gasteiger partial charge in [-0.15, -0.1) is 0 Å². The second kappa shape index (κ2) is 43.6. The van der Waals surface area contributed by atoms with Crippen molar-refractivity contribution in [2.75, 3.05) is 19.8 Å². The van der Waals surface area contributed by atoms with E-state index in [0.29, 0.717) is 12.8 Å². The van der Waals surface area contributed by atoms with Crippen molar-refractivity contribution >= 4 is 25.7 Å². The number of unbranched alkanes of at least 4 members (excludes halogenated alkanes) is 28. The maximum Gasteiger partial charge on any atom is 0.472 e. The molecule has 0 aromatic heterocycles. The van der Waals surface area contributed by atoms with E-state index in [0.717, 1.165) is 38.5 Å². The number of phosphoric acid groups is 1. The predicted octanol–water partition coefficient (Wildman–Crippen LogP) is 13.4. The first-order valence-corrected chi connectivity index (χ1v) is 25.9. The first kappa shape index (κ1) is 58.0. The van der Waals surface area contributed by atoms with Gasteiger partial charge in [-0.05, 0) is 57.8 Å². The molecule has 60 heavy (non-hydrogen) atoms. The fourth-order valence-electron chi connectivity index (χ4n) is 6.81. The lowest BCUT2D eigenvalue weighted by Crippen LogP contribution is -2.34. The normalized spacial score (nSPS) is 13.8. The highest BCUT2D eigenvalue weighted by Gasteiger charge is 2.28. The Labute approximate surface area is 366 Å². The summed E-state index contributed by atoms with van der Waals surface area (Å²) in [5.74, 6) is -2.37. The lowest BCUT2D eigenvalue weighted by molar-refractivity contribution is -0.161. The van der Waals surface area contributed by atoms with E-state index >= 15 is 0 Å². The SMILES string of the molecule is CCCC/C=C/CCCCCCCCCCCC(=O)OC[C@@H](COP(=O)(O)OC[C@H](N)C(=O)O)OC(=O)CCCCCCCCCCCCC/C=C/CCCCCCCC. The van der Waals surface area contributed by atoms with Crippen LogP contribution >= 0.6 is 7.82 Å². The Morgan fingerprint density at radius 3 is 1.27 bits per heavy atom. The Hall–Kier alpha value is -2.04. The molecule has 0 heterocycles. The van der Waals surface area contributed by atoms with E-state index < -0.39 is 51.1 Å². The van der Waals surface area contributed by atoms with E-state index in [1.54, 1.807) is 0 Å². The van der Waals surface area contributed by atoms with Crippen LogP contribution in [0.4, 0.5) is 0 Å². The van der Waals surface area contributed by atoms with E-state index in [-0.39, 0.29) is 19.4 Å². The number of esters is 2. The first-order chi connectivity index (χ1) is 29.1. The lowest BCUT2D eigenvalue weighted by Gasteiger charge is -2.20. The van der Waals surface area contributed by atoms with Crippen molar-refractivity contribution in [2.24, 2.45) is 5.73 Å². The van der Waals surface area contributed by atoms with Gasteiger partial charge in [-0.25, -0.2) is 4.57 Å². The maximum atomic E-state index is 12.7. The Morgan fingerprint density at radius 1 is 0.500 bits per heavy atom. The van der Waals surface area contributed by atoms with Gasteiger partial charge in [0, 0.05) is 12.8 Å². The molecule has 0 bridgehead atoms. The van der Waals surface area contributed by atoms with Gasteiger partial charge in [0.05, 0.1) is 13.2 Å². The van der Waals surface area contributed by atoms with Crippen molar-refractivity contribution < 1.29 is 47.5 Å². The molecule has 0 spiro atoms. The minimum Gasteiger partial charge on any atom is -0.480 e. The molecule has 0 aliphatic carbocycles. The fourth-order valence-corrected chi connectivity index (χ4v) is 7.58. The number of hydrogen-bond acceptors (Lipinski definition) is 9. The summed E-state index contributed by atoms with van der Waals surface area (Å²) in [6.07, 6.45) is 46.6. The highest BCUT2D eigenvalue weighted by Crippen LogP contribution is 2.43. The molecule has 11 nitrogen and oxygen atoms in total. The van der Waals surface area contributed by atoms with Gasteiger partial charge in [0.1, 0.15) is 12.6 Å². The lowest BCUT2D eigenvalue weighted by atomic mass is 10.0. The van der Waals surface area contributed by atoms with Crippen LogP contribution in [0.3, 0.4) is 0 Å². The molecule has 0 aromatic carbocycles. The Bertz CT molecular complexity index is 1120. The second-order valence-electron chi connectivity index (χ2n) is 16.6. The minimum atomic E-state index is -4.72. The summed E-state index contributed by atoms with van der Waals surface area (Å²) >= 11 is 0. The number of ether oxygens (including phenoxy) is 2. The number of carbonyl (C=O) groups excluding carboxylic acids is 2. The summed E-state index contributed by atoms with van der Waals surface area (Å²) in [5.41, 5.74) is 5.35. The number of carbonyl (C=O) groups is 3. The summed E-state index contributed by atoms with van der Waals surface area (Å²) in [6, 6.07) is -1.52. The number of hydrogen-bond donors (Lipinski definition) is 3. The number of carboxylic acids is 1. The second-order valence-corrected chi connectivity index (χ2v) is 18.0. The van der Waals surface area contributed by atoms with Crippen LogP contribution < -0.4 is 5.73 Å². The topological polar surface area (TPSA) is 172 Å². The zero-order valence-electron chi connectivity index (χ0n) is 38.3. The Morgan fingerprint density at radius 2 is 0.850 bits per heavy atom. The van der Waals surface area contributed by atoms with Crippen molar-refractivity contribution in [3.05, 3.63) is 24.3 Å². The van der Waals surface area contributed by atoms with Crippen molar-refractivity contribution in [2.45, 2.75) is 244 Å². The third-order valence-corrected chi connectivity index (χ3v) is 11.6. The number of rotatable bonds is 46. The van der Waals surface area contributed by atoms with Gasteiger partial charge in [0.25, 0.3) is 0 Å². The molecule has 4 N–H and O–H groups in total. The van der Waals surface area contributed by atoms with Gasteiger partial charge in [0.2, 0.25) is 0 Å². The molecule has 0 saturated heterocycles. The molecule has 0 saturated carbocycles. The average Bonchev–Trinajstić information content (AvgIpc) is 3.22. The monoisotopic (exact) mass is 872 g/mol. The molecule has 0 aliphatic rings. The molecule has 352 valence electrons. The summed E-state index contributed by atoms with van der Waals surface area (Å²) in [7, 11) is -4.72. The van der Waals surface area contributed by atoms with Crippen LogP contribution in [0, 0.1) is 0 Å². The Balaban J connectivity index is 4.24. The maximum absolute atomic E-state index is 12.7. The smallest absolute Gasteiger partial charge is 0.472 e. The fraction of sp³-hybridized carbons (Fsp3) is 0.854. The predicted molar refractivity (Wildman–Crippen MR) is 245 cm³/mol. The zero-order valence-corrected chi connectivity index (χ0v) is 39.2. The van der Waals surface area contributed by atoms with Gasteiger partial charge < -0.3 is 25.2 Å². The molecule has 0 fully saturated rings. The van der Waals surface area contributed by atoms with Crippen LogP contribution in [0.1, 0.15) is 232 Å². The van der Waals surface area contributed by atoms with Crippen molar-refractivity contribution in [1.29, 1.82) is 0 Å². The Kier molecular flexibility index (Phi) is 42.1. The summed E-state index contributed by atoms with van der Waals surface area (Å²) in [4.78, 5) is 46.1. The number of phosphoric ester groups is 1. The molecule has 0 aliphatic heterocycles. The summed E-state index contributed by atoms with van der Waals surface area (Å²) in [5, 5.41) is 8.91. The van der Waals surface area contributed by atoms with E-state index in [2.05, 4.69) is 42.7 Å². The van der Waals surface area contributed by atoms with E-state index in [1.807, 2.05) is 0 Å². The number of carboxylic acid groups (broad SMARTS) is 1. The molecule has 0 rings (SSSR count). The standard InChI is InChI=1S/C48H90NO10P/c1-3-5-7-9-11-13-15-17-19-20-21-22-23-24-26-28-30-32-34-36-38-40-47(51)59-44(42-57-60(54,55)58-43-45(49)48(52)53)41-56-46(50)39-37-35-33-31-29-27-25-18-16-14-12-10-8-6-4-2/h10,12,17,19,44-45H,3-9,11,13-16,18,20-43,49H2,1-2H3,(H,52,53)(H,54,55)/b12-10+,19-17+/t44-,45-/m0/s1. The molecular weight excluding hydrogens is 781 g/mol. The largest absolute Gasteiger partial charge is 0.480 e. The zero-order chi connectivity index (χ0) is 44.2. The van der Waals surface area contributed by atoms with Crippen LogP contribution in [0.2, 0.25) is 0 Å². The molecule has 0 aromatic rings. The van der Waals surface area contributed by atoms with Crippen LogP contribution in [-0.2, 0) is 37.5 Å².